The van der Waals surface area contributed by atoms with Gasteiger partial charge in [0.25, 0.3) is 0 Å². The molecule has 2 saturated heterocycles. The first kappa shape index (κ1) is 18.6. The molecule has 25 heavy (non-hydrogen) atoms. The van der Waals surface area contributed by atoms with E-state index in [1.807, 2.05) is 0 Å². The molecule has 0 radical (unpaired) electrons. The molecule has 140 valence electrons. The van der Waals surface area contributed by atoms with Gasteiger partial charge in [0, 0.05) is 45.1 Å². The zero-order valence-corrected chi connectivity index (χ0v) is 16.8. The van der Waals surface area contributed by atoms with E-state index in [0.29, 0.717) is 23.7 Å². The average molecular weight is 366 g/mol. The summed E-state index contributed by atoms with van der Waals surface area (Å²) in [4.78, 5) is 18.9. The Morgan fingerprint density at radius 1 is 1.20 bits per heavy atom. The lowest BCUT2D eigenvalue weighted by molar-refractivity contribution is -0.138. The van der Waals surface area contributed by atoms with Gasteiger partial charge in [-0.3, -0.25) is 4.79 Å². The van der Waals surface area contributed by atoms with E-state index in [1.54, 1.807) is 11.3 Å². The van der Waals surface area contributed by atoms with Crippen molar-refractivity contribution < 1.29 is 4.79 Å². The van der Waals surface area contributed by atoms with Crippen LogP contribution < -0.4 is 4.90 Å². The van der Waals surface area contributed by atoms with Crippen LogP contribution in [0.25, 0.3) is 0 Å². The van der Waals surface area contributed by atoms with Gasteiger partial charge in [0.05, 0.1) is 0 Å². The Morgan fingerprint density at radius 2 is 1.92 bits per heavy atom. The minimum absolute atomic E-state index is 0.308. The molecule has 1 amide bonds. The lowest BCUT2D eigenvalue weighted by Gasteiger charge is -2.47. The highest BCUT2D eigenvalue weighted by Crippen LogP contribution is 2.41. The summed E-state index contributed by atoms with van der Waals surface area (Å²) in [6.07, 6.45) is 4.06. The molecule has 0 unspecified atom stereocenters. The third kappa shape index (κ3) is 4.31. The molecular formula is C18H31N5OS. The van der Waals surface area contributed by atoms with Crippen LogP contribution >= 0.6 is 11.3 Å². The average Bonchev–Trinajstić information content (AvgIpc) is 3.07. The van der Waals surface area contributed by atoms with Crippen molar-refractivity contribution in [1.29, 1.82) is 0 Å². The van der Waals surface area contributed by atoms with Crippen LogP contribution in [0.3, 0.4) is 0 Å². The smallest absolute Gasteiger partial charge is 0.222 e. The van der Waals surface area contributed by atoms with Crippen LogP contribution in [0.5, 0.6) is 0 Å². The molecule has 0 atom stereocenters. The fraction of sp³-hybridized carbons (Fsp3) is 0.833. The molecule has 7 heteroatoms. The molecule has 1 aromatic rings. The predicted octanol–water partition coefficient (Wildman–Crippen LogP) is 2.43. The van der Waals surface area contributed by atoms with E-state index >= 15 is 0 Å². The van der Waals surface area contributed by atoms with Crippen molar-refractivity contribution >= 4 is 22.4 Å². The van der Waals surface area contributed by atoms with Crippen molar-refractivity contribution in [3.63, 3.8) is 0 Å². The summed E-state index contributed by atoms with van der Waals surface area (Å²) in [5.41, 5.74) is 0.308. The number of piperidine rings is 2. The third-order valence-electron chi connectivity index (χ3n) is 5.58. The molecule has 2 aliphatic rings. The second-order valence-electron chi connectivity index (χ2n) is 8.18. The quantitative estimate of drug-likeness (QED) is 0.802. The first-order valence-electron chi connectivity index (χ1n) is 9.39. The van der Waals surface area contributed by atoms with E-state index in [-0.39, 0.29) is 0 Å². The minimum Gasteiger partial charge on any atom is -0.347 e. The van der Waals surface area contributed by atoms with Crippen molar-refractivity contribution in [2.45, 2.75) is 45.4 Å². The van der Waals surface area contributed by atoms with E-state index < -0.39 is 0 Å². The van der Waals surface area contributed by atoms with Gasteiger partial charge >= 0.3 is 0 Å². The highest BCUT2D eigenvalue weighted by atomic mass is 32.1. The van der Waals surface area contributed by atoms with Gasteiger partial charge in [-0.1, -0.05) is 25.2 Å². The summed E-state index contributed by atoms with van der Waals surface area (Å²) in [7, 11) is 4.13. The first-order chi connectivity index (χ1) is 11.9. The van der Waals surface area contributed by atoms with Gasteiger partial charge in [-0.15, -0.1) is 10.2 Å². The predicted molar refractivity (Wildman–Crippen MR) is 102 cm³/mol. The number of hydrogen-bond donors (Lipinski definition) is 0. The topological polar surface area (TPSA) is 52.6 Å². The summed E-state index contributed by atoms with van der Waals surface area (Å²) < 4.78 is 0. The van der Waals surface area contributed by atoms with Crippen molar-refractivity contribution in [2.75, 3.05) is 51.7 Å². The zero-order chi connectivity index (χ0) is 18.0. The Morgan fingerprint density at radius 3 is 2.52 bits per heavy atom. The number of rotatable bonds is 5. The Kier molecular flexibility index (Phi) is 5.63. The monoisotopic (exact) mass is 365 g/mol. The number of hydrogen-bond acceptors (Lipinski definition) is 6. The molecule has 0 aliphatic carbocycles. The van der Waals surface area contributed by atoms with Crippen molar-refractivity contribution in [3.05, 3.63) is 5.01 Å². The summed E-state index contributed by atoms with van der Waals surface area (Å²) in [5.74, 6) is 0.776. The molecule has 2 fully saturated rings. The Labute approximate surface area is 155 Å². The summed E-state index contributed by atoms with van der Waals surface area (Å²) in [6.45, 7) is 9.11. The summed E-state index contributed by atoms with van der Waals surface area (Å²) in [6, 6.07) is 0. The van der Waals surface area contributed by atoms with Crippen LogP contribution in [-0.2, 0) is 4.79 Å². The van der Waals surface area contributed by atoms with Gasteiger partial charge in [-0.05, 0) is 38.8 Å². The molecule has 6 nitrogen and oxygen atoms in total. The Bertz CT molecular complexity index is 592. The number of amides is 1. The van der Waals surface area contributed by atoms with Gasteiger partial charge in [0.15, 0.2) is 0 Å². The number of carbonyl (C=O) groups excluding carboxylic acids is 1. The van der Waals surface area contributed by atoms with E-state index in [4.69, 9.17) is 0 Å². The number of likely N-dealkylation sites (tertiary alicyclic amines) is 1. The van der Waals surface area contributed by atoms with Crippen LogP contribution in [-0.4, -0.2) is 72.7 Å². The molecule has 3 heterocycles. The van der Waals surface area contributed by atoms with Gasteiger partial charge in [0.1, 0.15) is 5.01 Å². The molecule has 0 N–H and O–H groups in total. The number of anilines is 1. The van der Waals surface area contributed by atoms with Gasteiger partial charge in [-0.25, -0.2) is 0 Å². The van der Waals surface area contributed by atoms with E-state index in [0.717, 1.165) is 62.1 Å². The third-order valence-corrected chi connectivity index (χ3v) is 6.87. The van der Waals surface area contributed by atoms with E-state index in [9.17, 15) is 4.79 Å². The highest BCUT2D eigenvalue weighted by molar-refractivity contribution is 7.15. The molecule has 0 saturated carbocycles. The maximum atomic E-state index is 12.3. The standard InChI is InChI=1S/C18H31N5OS/c1-14(2)16-19-20-17(25-16)22-9-7-18(8-10-22)6-5-15(24)23(13-18)12-11-21(3)4/h14H,5-13H2,1-4H3. The first-order valence-corrected chi connectivity index (χ1v) is 10.2. The van der Waals surface area contributed by atoms with Crippen LogP contribution in [0.1, 0.15) is 50.5 Å². The zero-order valence-electron chi connectivity index (χ0n) is 16.0. The molecule has 1 aromatic heterocycles. The molecule has 1 spiro atoms. The van der Waals surface area contributed by atoms with Gasteiger partial charge in [-0.2, -0.15) is 0 Å². The minimum atomic E-state index is 0.308. The molecule has 0 aromatic carbocycles. The number of nitrogens with zero attached hydrogens (tertiary/aromatic N) is 5. The Balaban J connectivity index is 1.59. The van der Waals surface area contributed by atoms with E-state index in [1.165, 1.54) is 0 Å². The molecular weight excluding hydrogens is 334 g/mol. The summed E-state index contributed by atoms with van der Waals surface area (Å²) >= 11 is 1.73. The molecule has 2 aliphatic heterocycles. The lowest BCUT2D eigenvalue weighted by Crippen LogP contribution is -2.52. The fourth-order valence-electron chi connectivity index (χ4n) is 3.79. The largest absolute Gasteiger partial charge is 0.347 e. The maximum Gasteiger partial charge on any atom is 0.222 e. The van der Waals surface area contributed by atoms with Crippen LogP contribution in [0.4, 0.5) is 5.13 Å². The number of likely N-dealkylation sites (N-methyl/N-ethyl adjacent to an activating group) is 1. The fourth-order valence-corrected chi connectivity index (χ4v) is 4.69. The van der Waals surface area contributed by atoms with Crippen LogP contribution in [0.2, 0.25) is 0 Å². The SMILES string of the molecule is CC(C)c1nnc(N2CCC3(CCC(=O)N(CCN(C)C)C3)CC2)s1. The van der Waals surface area contributed by atoms with Crippen molar-refractivity contribution in [3.8, 4) is 0 Å². The number of carbonyl (C=O) groups is 1. The van der Waals surface area contributed by atoms with Crippen molar-refractivity contribution in [1.82, 2.24) is 20.0 Å². The normalized spacial score (nSPS) is 21.0. The summed E-state index contributed by atoms with van der Waals surface area (Å²) in [5, 5.41) is 10.9. The lowest BCUT2D eigenvalue weighted by atomic mass is 9.72. The number of aromatic nitrogens is 2. The maximum absolute atomic E-state index is 12.3. The van der Waals surface area contributed by atoms with Crippen molar-refractivity contribution in [2.24, 2.45) is 5.41 Å². The molecule has 0 bridgehead atoms. The van der Waals surface area contributed by atoms with Gasteiger partial charge in [0.2, 0.25) is 11.0 Å². The van der Waals surface area contributed by atoms with Gasteiger partial charge < -0.3 is 14.7 Å². The Hall–Kier alpha value is -1.21. The second kappa shape index (κ2) is 7.58. The van der Waals surface area contributed by atoms with Crippen LogP contribution in [0.15, 0.2) is 0 Å². The van der Waals surface area contributed by atoms with E-state index in [2.05, 4.69) is 52.8 Å². The van der Waals surface area contributed by atoms with Crippen LogP contribution in [0, 0.1) is 5.41 Å². The highest BCUT2D eigenvalue weighted by Gasteiger charge is 2.41. The molecule has 3 rings (SSSR count). The second-order valence-corrected chi connectivity index (χ2v) is 9.17.